The maximum absolute atomic E-state index is 13.0. The molecular weight excluding hydrogens is 405 g/mol. The Kier molecular flexibility index (Phi) is 6.66. The molecule has 0 unspecified atom stereocenters. The quantitative estimate of drug-likeness (QED) is 0.544. The van der Waals surface area contributed by atoms with Crippen LogP contribution in [0.25, 0.3) is 0 Å². The van der Waals surface area contributed by atoms with E-state index in [1.807, 2.05) is 0 Å². The SMILES string of the molecule is O=C(COC(=O)CCC(=O)c1ccc2c(c1)OCCO2)Nc1ccc(F)cc1Cl. The summed E-state index contributed by atoms with van der Waals surface area (Å²) in [6, 6.07) is 8.29. The molecule has 1 heterocycles. The minimum absolute atomic E-state index is 0.0229. The molecular formula is C20H17ClFNO6. The van der Waals surface area contributed by atoms with E-state index in [0.717, 1.165) is 12.1 Å². The minimum atomic E-state index is -0.698. The Morgan fingerprint density at radius 3 is 2.55 bits per heavy atom. The van der Waals surface area contributed by atoms with E-state index in [1.54, 1.807) is 18.2 Å². The van der Waals surface area contributed by atoms with Gasteiger partial charge in [0, 0.05) is 12.0 Å². The van der Waals surface area contributed by atoms with Gasteiger partial charge in [0.05, 0.1) is 17.1 Å². The fraction of sp³-hybridized carbons (Fsp3) is 0.250. The molecule has 29 heavy (non-hydrogen) atoms. The molecule has 1 aliphatic heterocycles. The first-order valence-corrected chi connectivity index (χ1v) is 9.13. The summed E-state index contributed by atoms with van der Waals surface area (Å²) < 4.78 is 28.7. The van der Waals surface area contributed by atoms with Gasteiger partial charge in [0.2, 0.25) is 0 Å². The first-order valence-electron chi connectivity index (χ1n) is 8.76. The fourth-order valence-electron chi connectivity index (χ4n) is 2.57. The van der Waals surface area contributed by atoms with E-state index in [4.69, 9.17) is 25.8 Å². The van der Waals surface area contributed by atoms with Gasteiger partial charge in [0.1, 0.15) is 19.0 Å². The van der Waals surface area contributed by atoms with Crippen molar-refractivity contribution in [2.24, 2.45) is 0 Å². The first kappa shape index (κ1) is 20.6. The van der Waals surface area contributed by atoms with Crippen molar-refractivity contribution >= 4 is 34.9 Å². The van der Waals surface area contributed by atoms with Crippen molar-refractivity contribution in [1.82, 2.24) is 0 Å². The van der Waals surface area contributed by atoms with Gasteiger partial charge in [-0.3, -0.25) is 14.4 Å². The van der Waals surface area contributed by atoms with Gasteiger partial charge in [0.25, 0.3) is 5.91 Å². The van der Waals surface area contributed by atoms with Gasteiger partial charge < -0.3 is 19.5 Å². The van der Waals surface area contributed by atoms with Crippen LogP contribution >= 0.6 is 11.6 Å². The average Bonchev–Trinajstić information content (AvgIpc) is 2.72. The summed E-state index contributed by atoms with van der Waals surface area (Å²) in [4.78, 5) is 35.9. The molecule has 1 N–H and O–H groups in total. The molecule has 0 spiro atoms. The molecule has 0 saturated carbocycles. The second-order valence-electron chi connectivity index (χ2n) is 6.11. The molecule has 0 atom stereocenters. The number of fused-ring (bicyclic) bond motifs is 1. The van der Waals surface area contributed by atoms with Gasteiger partial charge in [-0.05, 0) is 36.4 Å². The number of halogens is 2. The number of anilines is 1. The second kappa shape index (κ2) is 9.38. The van der Waals surface area contributed by atoms with E-state index >= 15 is 0 Å². The van der Waals surface area contributed by atoms with Crippen LogP contribution in [0, 0.1) is 5.82 Å². The average molecular weight is 422 g/mol. The number of carbonyl (C=O) groups is 3. The lowest BCUT2D eigenvalue weighted by Crippen LogP contribution is -2.21. The summed E-state index contributed by atoms with van der Waals surface area (Å²) in [6.07, 6.45) is -0.262. The first-order chi connectivity index (χ1) is 13.9. The molecule has 7 nitrogen and oxygen atoms in total. The molecule has 9 heteroatoms. The highest BCUT2D eigenvalue weighted by Crippen LogP contribution is 2.31. The van der Waals surface area contributed by atoms with Crippen molar-refractivity contribution in [2.45, 2.75) is 12.8 Å². The third-order valence-corrected chi connectivity index (χ3v) is 4.30. The van der Waals surface area contributed by atoms with Crippen LogP contribution in [-0.2, 0) is 14.3 Å². The number of esters is 1. The van der Waals surface area contributed by atoms with Crippen LogP contribution in [-0.4, -0.2) is 37.5 Å². The smallest absolute Gasteiger partial charge is 0.306 e. The van der Waals surface area contributed by atoms with Crippen molar-refractivity contribution in [3.05, 3.63) is 52.8 Å². The van der Waals surface area contributed by atoms with E-state index in [0.29, 0.717) is 30.3 Å². The predicted octanol–water partition coefficient (Wildman–Crippen LogP) is 3.40. The van der Waals surface area contributed by atoms with Gasteiger partial charge in [-0.1, -0.05) is 11.6 Å². The minimum Gasteiger partial charge on any atom is -0.486 e. The van der Waals surface area contributed by atoms with Crippen LogP contribution in [0.5, 0.6) is 11.5 Å². The normalized spacial score (nSPS) is 12.2. The fourth-order valence-corrected chi connectivity index (χ4v) is 2.79. The van der Waals surface area contributed by atoms with Gasteiger partial charge in [-0.15, -0.1) is 0 Å². The number of Topliss-reactive ketones (excluding diaryl/α,β-unsaturated/α-hetero) is 1. The molecule has 3 rings (SSSR count). The maximum atomic E-state index is 13.0. The van der Waals surface area contributed by atoms with Crippen LogP contribution in [0.3, 0.4) is 0 Å². The van der Waals surface area contributed by atoms with Crippen LogP contribution < -0.4 is 14.8 Å². The Morgan fingerprint density at radius 1 is 1.03 bits per heavy atom. The lowest BCUT2D eigenvalue weighted by molar-refractivity contribution is -0.147. The van der Waals surface area contributed by atoms with E-state index in [1.165, 1.54) is 6.07 Å². The Bertz CT molecular complexity index is 949. The monoisotopic (exact) mass is 421 g/mol. The molecule has 2 aromatic rings. The summed E-state index contributed by atoms with van der Waals surface area (Å²) in [5, 5.41) is 2.43. The largest absolute Gasteiger partial charge is 0.486 e. The molecule has 2 aromatic carbocycles. The number of hydrogen-bond acceptors (Lipinski definition) is 6. The van der Waals surface area contributed by atoms with Crippen molar-refractivity contribution in [3.63, 3.8) is 0 Å². The van der Waals surface area contributed by atoms with Crippen LogP contribution in [0.15, 0.2) is 36.4 Å². The van der Waals surface area contributed by atoms with E-state index in [9.17, 15) is 18.8 Å². The zero-order valence-electron chi connectivity index (χ0n) is 15.2. The lowest BCUT2D eigenvalue weighted by atomic mass is 10.1. The van der Waals surface area contributed by atoms with E-state index in [-0.39, 0.29) is 29.3 Å². The molecule has 1 amide bonds. The second-order valence-corrected chi connectivity index (χ2v) is 6.52. The van der Waals surface area contributed by atoms with Crippen LogP contribution in [0.2, 0.25) is 5.02 Å². The topological polar surface area (TPSA) is 90.9 Å². The van der Waals surface area contributed by atoms with Crippen LogP contribution in [0.1, 0.15) is 23.2 Å². The number of benzene rings is 2. The Balaban J connectivity index is 1.43. The number of nitrogens with one attached hydrogen (secondary N) is 1. The van der Waals surface area contributed by atoms with E-state index in [2.05, 4.69) is 5.32 Å². The van der Waals surface area contributed by atoms with Crippen molar-refractivity contribution in [2.75, 3.05) is 25.1 Å². The van der Waals surface area contributed by atoms with Gasteiger partial charge >= 0.3 is 5.97 Å². The highest BCUT2D eigenvalue weighted by molar-refractivity contribution is 6.33. The number of ether oxygens (including phenoxy) is 3. The van der Waals surface area contributed by atoms with Crippen molar-refractivity contribution in [3.8, 4) is 11.5 Å². The standard InChI is InChI=1S/C20H17ClFNO6/c21-14-10-13(22)2-3-15(14)23-19(25)11-29-20(26)6-4-16(24)12-1-5-17-18(9-12)28-8-7-27-17/h1-3,5,9-10H,4,6-8,11H2,(H,23,25). The molecule has 152 valence electrons. The van der Waals surface area contributed by atoms with Crippen molar-refractivity contribution in [1.29, 1.82) is 0 Å². The van der Waals surface area contributed by atoms with E-state index < -0.39 is 24.3 Å². The highest BCUT2D eigenvalue weighted by atomic mass is 35.5. The third kappa shape index (κ3) is 5.68. The number of ketones is 1. The lowest BCUT2D eigenvalue weighted by Gasteiger charge is -2.18. The summed E-state index contributed by atoms with van der Waals surface area (Å²) in [7, 11) is 0. The molecule has 0 radical (unpaired) electrons. The number of hydrogen-bond donors (Lipinski definition) is 1. The molecule has 0 aliphatic carbocycles. The van der Waals surface area contributed by atoms with Gasteiger partial charge in [-0.25, -0.2) is 4.39 Å². The van der Waals surface area contributed by atoms with Gasteiger partial charge in [-0.2, -0.15) is 0 Å². The summed E-state index contributed by atoms with van der Waals surface area (Å²) in [6.45, 7) is 0.306. The Labute approximate surface area is 170 Å². The number of rotatable bonds is 7. The maximum Gasteiger partial charge on any atom is 0.306 e. The third-order valence-electron chi connectivity index (χ3n) is 3.99. The van der Waals surface area contributed by atoms with Crippen LogP contribution in [0.4, 0.5) is 10.1 Å². The number of carbonyl (C=O) groups excluding carboxylic acids is 3. The highest BCUT2D eigenvalue weighted by Gasteiger charge is 2.17. The predicted molar refractivity (Wildman–Crippen MR) is 102 cm³/mol. The number of amides is 1. The molecule has 0 fully saturated rings. The zero-order valence-corrected chi connectivity index (χ0v) is 16.0. The van der Waals surface area contributed by atoms with Crippen molar-refractivity contribution < 1.29 is 33.0 Å². The summed E-state index contributed by atoms with van der Waals surface area (Å²) >= 11 is 5.81. The summed E-state index contributed by atoms with van der Waals surface area (Å²) in [5.74, 6) is -1.08. The zero-order chi connectivity index (χ0) is 20.8. The Morgan fingerprint density at radius 2 is 1.79 bits per heavy atom. The Hall–Kier alpha value is -3.13. The van der Waals surface area contributed by atoms with Gasteiger partial charge in [0.15, 0.2) is 23.9 Å². The molecule has 0 saturated heterocycles. The molecule has 0 bridgehead atoms. The molecule has 1 aliphatic rings. The summed E-state index contributed by atoms with van der Waals surface area (Å²) in [5.41, 5.74) is 0.591. The molecule has 0 aromatic heterocycles.